The molecular formula is C34H36F4N2O3. The van der Waals surface area contributed by atoms with Gasteiger partial charge in [0.1, 0.15) is 17.7 Å². The smallest absolute Gasteiger partial charge is 0.393 e. The monoisotopic (exact) mass is 596 g/mol. The minimum Gasteiger partial charge on any atom is -0.485 e. The third kappa shape index (κ3) is 6.28. The van der Waals surface area contributed by atoms with Crippen LogP contribution >= 0.6 is 0 Å². The summed E-state index contributed by atoms with van der Waals surface area (Å²) in [5.41, 5.74) is 5.33. The lowest BCUT2D eigenvalue weighted by molar-refractivity contribution is -0.170. The minimum atomic E-state index is -4.24. The number of halogens is 4. The Morgan fingerprint density at radius 3 is 2.58 bits per heavy atom. The number of aliphatic carboxylic acids is 1. The zero-order valence-corrected chi connectivity index (χ0v) is 24.3. The van der Waals surface area contributed by atoms with Crippen LogP contribution in [0.5, 0.6) is 5.75 Å². The second kappa shape index (κ2) is 11.6. The molecule has 43 heavy (non-hydrogen) atoms. The molecule has 0 bridgehead atoms. The van der Waals surface area contributed by atoms with Crippen molar-refractivity contribution in [1.82, 2.24) is 9.88 Å². The van der Waals surface area contributed by atoms with Gasteiger partial charge >= 0.3 is 12.1 Å². The molecule has 228 valence electrons. The first-order chi connectivity index (χ1) is 20.5. The van der Waals surface area contributed by atoms with Crippen molar-refractivity contribution in [2.24, 2.45) is 17.8 Å². The summed E-state index contributed by atoms with van der Waals surface area (Å²) in [5.74, 6) is -2.12. The van der Waals surface area contributed by atoms with Gasteiger partial charge in [-0.25, -0.2) is 4.39 Å². The Kier molecular flexibility index (Phi) is 7.96. The van der Waals surface area contributed by atoms with Crippen molar-refractivity contribution in [3.8, 4) is 16.9 Å². The van der Waals surface area contributed by atoms with Crippen molar-refractivity contribution in [3.05, 3.63) is 82.4 Å². The molecule has 2 aliphatic heterocycles. The predicted molar refractivity (Wildman–Crippen MR) is 154 cm³/mol. The molecule has 1 N–H and O–H groups in total. The number of hydrogen-bond acceptors (Lipinski definition) is 4. The molecule has 1 aromatic heterocycles. The number of aromatic nitrogens is 1. The average molecular weight is 597 g/mol. The zero-order valence-electron chi connectivity index (χ0n) is 24.3. The Morgan fingerprint density at radius 1 is 1.09 bits per heavy atom. The molecule has 5 nitrogen and oxygen atoms in total. The van der Waals surface area contributed by atoms with E-state index in [0.717, 1.165) is 47.3 Å². The van der Waals surface area contributed by atoms with Crippen LogP contribution in [0.2, 0.25) is 0 Å². The van der Waals surface area contributed by atoms with Crippen molar-refractivity contribution in [1.29, 1.82) is 0 Å². The average Bonchev–Trinajstić information content (AvgIpc) is 3.68. The zero-order chi connectivity index (χ0) is 30.5. The van der Waals surface area contributed by atoms with Crippen molar-refractivity contribution in [3.63, 3.8) is 0 Å². The van der Waals surface area contributed by atoms with Gasteiger partial charge in [0.25, 0.3) is 0 Å². The number of carboxylic acids is 1. The maximum atomic E-state index is 15.0. The summed E-state index contributed by atoms with van der Waals surface area (Å²) in [7, 11) is 0. The summed E-state index contributed by atoms with van der Waals surface area (Å²) in [5, 5.41) is 9.72. The van der Waals surface area contributed by atoms with E-state index in [1.165, 1.54) is 6.20 Å². The van der Waals surface area contributed by atoms with Gasteiger partial charge < -0.3 is 9.84 Å². The van der Waals surface area contributed by atoms with Crippen molar-refractivity contribution >= 4 is 5.97 Å². The number of benzene rings is 2. The quantitative estimate of drug-likeness (QED) is 0.268. The van der Waals surface area contributed by atoms with Gasteiger partial charge in [0, 0.05) is 24.3 Å². The second-order valence-corrected chi connectivity index (χ2v) is 12.5. The molecule has 2 fully saturated rings. The topological polar surface area (TPSA) is 62.7 Å². The van der Waals surface area contributed by atoms with Crippen LogP contribution in [-0.2, 0) is 17.8 Å². The number of carbonyl (C=O) groups is 1. The summed E-state index contributed by atoms with van der Waals surface area (Å²) >= 11 is 0. The van der Waals surface area contributed by atoms with Gasteiger partial charge in [0.15, 0.2) is 0 Å². The van der Waals surface area contributed by atoms with E-state index >= 15 is 0 Å². The fourth-order valence-corrected chi connectivity index (χ4v) is 6.85. The van der Waals surface area contributed by atoms with Crippen LogP contribution in [0.4, 0.5) is 17.6 Å². The number of likely N-dealkylation sites (tertiary alicyclic amines) is 1. The molecule has 1 saturated heterocycles. The highest BCUT2D eigenvalue weighted by Gasteiger charge is 2.43. The molecule has 3 aliphatic rings. The van der Waals surface area contributed by atoms with E-state index in [1.54, 1.807) is 24.8 Å². The Balaban J connectivity index is 1.30. The first-order valence-electron chi connectivity index (χ1n) is 15.0. The molecule has 0 spiro atoms. The molecule has 0 amide bonds. The van der Waals surface area contributed by atoms with Crippen molar-refractivity contribution in [2.75, 3.05) is 13.1 Å². The van der Waals surface area contributed by atoms with Crippen molar-refractivity contribution in [2.45, 2.75) is 70.7 Å². The van der Waals surface area contributed by atoms with Gasteiger partial charge in [-0.15, -0.1) is 0 Å². The molecule has 0 radical (unpaired) electrons. The van der Waals surface area contributed by atoms with Crippen LogP contribution in [0.25, 0.3) is 11.1 Å². The predicted octanol–water partition coefficient (Wildman–Crippen LogP) is 7.86. The van der Waals surface area contributed by atoms with E-state index in [-0.39, 0.29) is 31.5 Å². The van der Waals surface area contributed by atoms with Crippen LogP contribution in [0, 0.1) is 30.5 Å². The molecule has 9 heteroatoms. The molecule has 6 rings (SSSR count). The standard InChI is InChI=1S/C34H36F4N2O3/c1-19-13-28(29(35)16-39-19)27-9-7-23(14-25(27)17-40-12-11-26(18-40)34(36,37)38)30-10-8-21-3-6-24(15-31(21)43-30)32(22-4-5-22)20(2)33(41)42/h3,6-7,9,13-16,20,22,26,30,32H,4-5,8,10-12,17-18H2,1-2H3,(H,41,42)/t20-,26-,30?,32-/m0/s1. The Bertz CT molecular complexity index is 1520. The molecule has 1 saturated carbocycles. The third-order valence-electron chi connectivity index (χ3n) is 9.39. The first-order valence-corrected chi connectivity index (χ1v) is 15.0. The number of alkyl halides is 3. The second-order valence-electron chi connectivity index (χ2n) is 12.5. The van der Waals surface area contributed by atoms with E-state index in [9.17, 15) is 27.5 Å². The molecule has 1 aliphatic carbocycles. The van der Waals surface area contributed by atoms with E-state index in [4.69, 9.17) is 4.74 Å². The number of carboxylic acid groups (broad SMARTS) is 1. The summed E-state index contributed by atoms with van der Waals surface area (Å²) < 4.78 is 61.8. The lowest BCUT2D eigenvalue weighted by Gasteiger charge is -2.29. The SMILES string of the molecule is Cc1cc(-c2ccc(C3CCc4ccc([C@H](C5CC5)[C@H](C)C(=O)O)cc4O3)cc2CN2CC[C@H](C(F)(F)F)C2)c(F)cn1. The highest BCUT2D eigenvalue weighted by atomic mass is 19.4. The van der Waals surface area contributed by atoms with Gasteiger partial charge in [0.05, 0.1) is 18.0 Å². The highest BCUT2D eigenvalue weighted by Crippen LogP contribution is 2.48. The number of nitrogens with zero attached hydrogens (tertiary/aromatic N) is 2. The Morgan fingerprint density at radius 2 is 1.88 bits per heavy atom. The lowest BCUT2D eigenvalue weighted by Crippen LogP contribution is -2.27. The molecule has 1 unspecified atom stereocenters. The summed E-state index contributed by atoms with van der Waals surface area (Å²) in [6.45, 7) is 4.04. The summed E-state index contributed by atoms with van der Waals surface area (Å²) in [6.07, 6.45) is 0.231. The van der Waals surface area contributed by atoms with Gasteiger partial charge in [-0.3, -0.25) is 14.7 Å². The van der Waals surface area contributed by atoms with Crippen LogP contribution in [0.1, 0.15) is 72.6 Å². The van der Waals surface area contributed by atoms with Crippen LogP contribution < -0.4 is 4.74 Å². The van der Waals surface area contributed by atoms with Gasteiger partial charge in [-0.05, 0) is 97.4 Å². The maximum Gasteiger partial charge on any atom is 0.393 e. The molecule has 3 aromatic rings. The fourth-order valence-electron chi connectivity index (χ4n) is 6.85. The molecular weight excluding hydrogens is 560 g/mol. The highest BCUT2D eigenvalue weighted by molar-refractivity contribution is 5.71. The number of fused-ring (bicyclic) bond motifs is 1. The molecule has 4 atom stereocenters. The van der Waals surface area contributed by atoms with Gasteiger partial charge in [-0.2, -0.15) is 13.2 Å². The first kappa shape index (κ1) is 29.6. The van der Waals surface area contributed by atoms with Crippen LogP contribution in [0.15, 0.2) is 48.7 Å². The Hall–Kier alpha value is -3.46. The van der Waals surface area contributed by atoms with Crippen LogP contribution in [-0.4, -0.2) is 40.2 Å². The van der Waals surface area contributed by atoms with Gasteiger partial charge in [0.2, 0.25) is 0 Å². The van der Waals surface area contributed by atoms with E-state index in [1.807, 2.05) is 36.4 Å². The number of rotatable bonds is 8. The fraction of sp³-hybridized carbons (Fsp3) is 0.471. The number of ether oxygens (including phenoxy) is 1. The van der Waals surface area contributed by atoms with Crippen LogP contribution in [0.3, 0.4) is 0 Å². The molecule has 2 aromatic carbocycles. The number of hydrogen-bond donors (Lipinski definition) is 1. The molecule has 3 heterocycles. The normalized spacial score (nSPS) is 22.1. The Labute approximate surface area is 248 Å². The summed E-state index contributed by atoms with van der Waals surface area (Å²) in [4.78, 5) is 17.7. The maximum absolute atomic E-state index is 15.0. The lowest BCUT2D eigenvalue weighted by atomic mass is 9.82. The van der Waals surface area contributed by atoms with E-state index < -0.39 is 29.8 Å². The van der Waals surface area contributed by atoms with Crippen molar-refractivity contribution < 1.29 is 32.2 Å². The summed E-state index contributed by atoms with van der Waals surface area (Å²) in [6, 6.07) is 13.4. The van der Waals surface area contributed by atoms with E-state index in [2.05, 4.69) is 4.98 Å². The third-order valence-corrected chi connectivity index (χ3v) is 9.39. The largest absolute Gasteiger partial charge is 0.485 e. The number of aryl methyl sites for hydroxylation is 2. The van der Waals surface area contributed by atoms with E-state index in [0.29, 0.717) is 35.7 Å². The number of pyridine rings is 1. The van der Waals surface area contributed by atoms with Gasteiger partial charge in [-0.1, -0.05) is 37.3 Å². The minimum absolute atomic E-state index is 0.0501.